The third kappa shape index (κ3) is 6.86. The fourth-order valence-electron chi connectivity index (χ4n) is 4.86. The number of piperidine rings is 1. The van der Waals surface area contributed by atoms with Crippen molar-refractivity contribution in [2.24, 2.45) is 4.99 Å². The summed E-state index contributed by atoms with van der Waals surface area (Å²) in [4.78, 5) is 20.5. The molecule has 2 fully saturated rings. The lowest BCUT2D eigenvalue weighted by Gasteiger charge is -2.48. The Morgan fingerprint density at radius 3 is 2.50 bits per heavy atom. The number of hydrogen-bond acceptors (Lipinski definition) is 4. The van der Waals surface area contributed by atoms with E-state index in [1.165, 1.54) is 69.4 Å². The standard InChI is InChI=1S/C25H41N5O2/c1-26-24(27-18-21-11-10-12-22(17-21)32-19-23(31)29(2)3)28-20-25(13-6-4-7-14-25)30-15-8-5-9-16-30/h10-12,17H,4-9,13-16,18-20H2,1-3H3,(H2,26,27,28). The van der Waals surface area contributed by atoms with Gasteiger partial charge in [-0.1, -0.05) is 37.8 Å². The molecule has 178 valence electrons. The van der Waals surface area contributed by atoms with Crippen molar-refractivity contribution in [2.75, 3.05) is 47.4 Å². The van der Waals surface area contributed by atoms with Gasteiger partial charge in [-0.3, -0.25) is 14.7 Å². The van der Waals surface area contributed by atoms with Crippen molar-refractivity contribution < 1.29 is 9.53 Å². The van der Waals surface area contributed by atoms with Crippen LogP contribution in [0.1, 0.15) is 56.9 Å². The summed E-state index contributed by atoms with van der Waals surface area (Å²) in [5.41, 5.74) is 1.36. The number of nitrogens with zero attached hydrogens (tertiary/aromatic N) is 3. The van der Waals surface area contributed by atoms with Gasteiger partial charge in [0, 0.05) is 39.8 Å². The SMILES string of the molecule is CN=C(NCc1cccc(OCC(=O)N(C)C)c1)NCC1(N2CCCCC2)CCCCC1. The highest BCUT2D eigenvalue weighted by Gasteiger charge is 2.38. The molecular formula is C25H41N5O2. The van der Waals surface area contributed by atoms with Gasteiger partial charge < -0.3 is 20.3 Å². The van der Waals surface area contributed by atoms with E-state index in [0.717, 1.165) is 18.1 Å². The number of carbonyl (C=O) groups excluding carboxylic acids is 1. The summed E-state index contributed by atoms with van der Waals surface area (Å²) >= 11 is 0. The van der Waals surface area contributed by atoms with E-state index in [2.05, 4.69) is 26.6 Å². The van der Waals surface area contributed by atoms with E-state index in [1.807, 2.05) is 25.2 Å². The van der Waals surface area contributed by atoms with Crippen molar-refractivity contribution in [1.29, 1.82) is 0 Å². The number of likely N-dealkylation sites (tertiary alicyclic amines) is 1. The quantitative estimate of drug-likeness (QED) is 0.478. The van der Waals surface area contributed by atoms with Crippen molar-refractivity contribution in [3.63, 3.8) is 0 Å². The predicted molar refractivity (Wildman–Crippen MR) is 130 cm³/mol. The Labute approximate surface area is 193 Å². The second kappa shape index (κ2) is 12.1. The van der Waals surface area contributed by atoms with Gasteiger partial charge in [-0.2, -0.15) is 0 Å². The van der Waals surface area contributed by atoms with Crippen LogP contribution in [0.3, 0.4) is 0 Å². The topological polar surface area (TPSA) is 69.2 Å². The molecule has 2 N–H and O–H groups in total. The zero-order valence-corrected chi connectivity index (χ0v) is 20.2. The van der Waals surface area contributed by atoms with Crippen molar-refractivity contribution in [3.05, 3.63) is 29.8 Å². The molecule has 0 radical (unpaired) electrons. The second-order valence-corrected chi connectivity index (χ2v) is 9.34. The van der Waals surface area contributed by atoms with Crippen molar-refractivity contribution in [3.8, 4) is 5.75 Å². The number of aliphatic imine (C=N–C) groups is 1. The van der Waals surface area contributed by atoms with Gasteiger partial charge in [0.25, 0.3) is 5.91 Å². The Hall–Kier alpha value is -2.28. The molecule has 1 aromatic carbocycles. The average molecular weight is 444 g/mol. The minimum Gasteiger partial charge on any atom is -0.484 e. The van der Waals surface area contributed by atoms with Crippen LogP contribution in [-0.2, 0) is 11.3 Å². The summed E-state index contributed by atoms with van der Waals surface area (Å²) in [7, 11) is 5.29. The first kappa shape index (κ1) is 24.4. The highest BCUT2D eigenvalue weighted by atomic mass is 16.5. The van der Waals surface area contributed by atoms with E-state index < -0.39 is 0 Å². The fraction of sp³-hybridized carbons (Fsp3) is 0.680. The number of benzene rings is 1. The Balaban J connectivity index is 1.53. The van der Waals surface area contributed by atoms with Crippen molar-refractivity contribution in [2.45, 2.75) is 63.5 Å². The zero-order chi connectivity index (χ0) is 22.8. The van der Waals surface area contributed by atoms with Gasteiger partial charge in [0.15, 0.2) is 12.6 Å². The van der Waals surface area contributed by atoms with Crippen LogP contribution < -0.4 is 15.4 Å². The van der Waals surface area contributed by atoms with Gasteiger partial charge in [-0.05, 0) is 56.5 Å². The van der Waals surface area contributed by atoms with E-state index in [0.29, 0.717) is 12.3 Å². The lowest BCUT2D eigenvalue weighted by atomic mass is 9.79. The Morgan fingerprint density at radius 1 is 1.09 bits per heavy atom. The van der Waals surface area contributed by atoms with Crippen molar-refractivity contribution >= 4 is 11.9 Å². The van der Waals surface area contributed by atoms with E-state index >= 15 is 0 Å². The number of ether oxygens (including phenoxy) is 1. The maximum atomic E-state index is 11.8. The molecule has 0 spiro atoms. The summed E-state index contributed by atoms with van der Waals surface area (Å²) in [6, 6.07) is 7.86. The number of rotatable bonds is 8. The second-order valence-electron chi connectivity index (χ2n) is 9.34. The highest BCUT2D eigenvalue weighted by Crippen LogP contribution is 2.35. The summed E-state index contributed by atoms with van der Waals surface area (Å²) in [6.07, 6.45) is 10.6. The van der Waals surface area contributed by atoms with Crippen LogP contribution in [-0.4, -0.2) is 74.6 Å². The molecule has 1 heterocycles. The van der Waals surface area contributed by atoms with Gasteiger partial charge in [-0.15, -0.1) is 0 Å². The monoisotopic (exact) mass is 443 g/mol. The highest BCUT2D eigenvalue weighted by molar-refractivity contribution is 5.79. The molecule has 2 aliphatic rings. The van der Waals surface area contributed by atoms with Crippen LogP contribution in [0.2, 0.25) is 0 Å². The molecule has 0 bridgehead atoms. The summed E-state index contributed by atoms with van der Waals surface area (Å²) in [6.45, 7) is 4.11. The molecule has 0 atom stereocenters. The lowest BCUT2D eigenvalue weighted by Crippen LogP contribution is -2.59. The molecule has 1 amide bonds. The van der Waals surface area contributed by atoms with Crippen LogP contribution in [0.25, 0.3) is 0 Å². The first-order valence-electron chi connectivity index (χ1n) is 12.1. The van der Waals surface area contributed by atoms with Gasteiger partial charge >= 0.3 is 0 Å². The molecular weight excluding hydrogens is 402 g/mol. The largest absolute Gasteiger partial charge is 0.484 e. The van der Waals surface area contributed by atoms with Crippen LogP contribution in [0, 0.1) is 0 Å². The van der Waals surface area contributed by atoms with Crippen LogP contribution >= 0.6 is 0 Å². The van der Waals surface area contributed by atoms with E-state index in [1.54, 1.807) is 14.1 Å². The smallest absolute Gasteiger partial charge is 0.259 e. The molecule has 32 heavy (non-hydrogen) atoms. The number of amides is 1. The Kier molecular flexibility index (Phi) is 9.21. The Morgan fingerprint density at radius 2 is 1.81 bits per heavy atom. The minimum atomic E-state index is -0.0523. The van der Waals surface area contributed by atoms with Crippen molar-refractivity contribution in [1.82, 2.24) is 20.4 Å². The third-order valence-electron chi connectivity index (χ3n) is 6.84. The minimum absolute atomic E-state index is 0.0473. The summed E-state index contributed by atoms with van der Waals surface area (Å²) in [5, 5.41) is 7.08. The van der Waals surface area contributed by atoms with Gasteiger partial charge in [0.1, 0.15) is 5.75 Å². The van der Waals surface area contributed by atoms with E-state index in [9.17, 15) is 4.79 Å². The number of likely N-dealkylation sites (N-methyl/N-ethyl adjacent to an activating group) is 1. The molecule has 1 saturated carbocycles. The number of guanidine groups is 1. The van der Waals surface area contributed by atoms with Crippen LogP contribution in [0.15, 0.2) is 29.3 Å². The number of nitrogens with one attached hydrogen (secondary N) is 2. The number of hydrogen-bond donors (Lipinski definition) is 2. The molecule has 3 rings (SSSR count). The average Bonchev–Trinajstić information content (AvgIpc) is 2.84. The Bertz CT molecular complexity index is 752. The predicted octanol–water partition coefficient (Wildman–Crippen LogP) is 3.01. The fourth-order valence-corrected chi connectivity index (χ4v) is 4.86. The van der Waals surface area contributed by atoms with E-state index in [4.69, 9.17) is 4.74 Å². The molecule has 7 nitrogen and oxygen atoms in total. The first-order valence-corrected chi connectivity index (χ1v) is 12.1. The maximum Gasteiger partial charge on any atom is 0.259 e. The van der Waals surface area contributed by atoms with Gasteiger partial charge in [0.05, 0.1) is 0 Å². The maximum absolute atomic E-state index is 11.8. The third-order valence-corrected chi connectivity index (χ3v) is 6.84. The van der Waals surface area contributed by atoms with Gasteiger partial charge in [-0.25, -0.2) is 0 Å². The molecule has 1 aromatic rings. The summed E-state index contributed by atoms with van der Waals surface area (Å²) in [5.74, 6) is 1.48. The molecule has 1 saturated heterocycles. The zero-order valence-electron chi connectivity index (χ0n) is 20.2. The van der Waals surface area contributed by atoms with Crippen LogP contribution in [0.4, 0.5) is 0 Å². The van der Waals surface area contributed by atoms with E-state index in [-0.39, 0.29) is 18.1 Å². The molecule has 1 aliphatic carbocycles. The lowest BCUT2D eigenvalue weighted by molar-refractivity contribution is -0.130. The normalized spacial score (nSPS) is 19.3. The van der Waals surface area contributed by atoms with Crippen LogP contribution in [0.5, 0.6) is 5.75 Å². The number of carbonyl (C=O) groups is 1. The first-order chi connectivity index (χ1) is 15.5. The molecule has 7 heteroatoms. The molecule has 1 aliphatic heterocycles. The molecule has 0 unspecified atom stereocenters. The molecule has 0 aromatic heterocycles. The van der Waals surface area contributed by atoms with Gasteiger partial charge in [0.2, 0.25) is 0 Å². The summed E-state index contributed by atoms with van der Waals surface area (Å²) < 4.78 is 5.64.